The van der Waals surface area contributed by atoms with E-state index in [-0.39, 0.29) is 5.91 Å². The van der Waals surface area contributed by atoms with Crippen molar-refractivity contribution in [2.75, 3.05) is 19.6 Å². The van der Waals surface area contributed by atoms with Crippen LogP contribution in [0.1, 0.15) is 28.8 Å². The van der Waals surface area contributed by atoms with Crippen molar-refractivity contribution in [3.63, 3.8) is 0 Å². The minimum absolute atomic E-state index is 0.0877. The van der Waals surface area contributed by atoms with Crippen LogP contribution < -0.4 is 5.73 Å². The van der Waals surface area contributed by atoms with E-state index in [2.05, 4.69) is 0 Å². The summed E-state index contributed by atoms with van der Waals surface area (Å²) in [6.07, 6.45) is 2.18. The van der Waals surface area contributed by atoms with E-state index in [0.717, 1.165) is 18.4 Å². The Morgan fingerprint density at radius 2 is 2.00 bits per heavy atom. The van der Waals surface area contributed by atoms with Crippen LogP contribution in [0.4, 0.5) is 0 Å². The number of rotatable bonds is 4. The average molecular weight is 276 g/mol. The van der Waals surface area contributed by atoms with Crippen LogP contribution >= 0.6 is 0 Å². The quantitative estimate of drug-likeness (QED) is 0.863. The van der Waals surface area contributed by atoms with Crippen molar-refractivity contribution in [3.05, 3.63) is 35.4 Å². The third-order valence-electron chi connectivity index (χ3n) is 3.69. The molecule has 1 saturated heterocycles. The number of carbonyl (C=O) groups excluding carboxylic acids is 1. The summed E-state index contributed by atoms with van der Waals surface area (Å²) in [4.78, 5) is 25.0. The number of hydrogen-bond donors (Lipinski definition) is 2. The molecule has 20 heavy (non-hydrogen) atoms. The molecule has 1 aliphatic heterocycles. The number of nitrogens with two attached hydrogens (primary N) is 1. The molecule has 1 aromatic carbocycles. The van der Waals surface area contributed by atoms with Gasteiger partial charge in [0.15, 0.2) is 0 Å². The molecule has 1 amide bonds. The highest BCUT2D eigenvalue weighted by atomic mass is 16.4. The highest BCUT2D eigenvalue weighted by Gasteiger charge is 2.28. The molecule has 2 rings (SSSR count). The molecule has 3 N–H and O–H groups in total. The summed E-state index contributed by atoms with van der Waals surface area (Å²) in [6.45, 7) is 1.52. The molecule has 1 atom stereocenters. The number of carboxylic acid groups (broad SMARTS) is 1. The third-order valence-corrected chi connectivity index (χ3v) is 3.69. The smallest absolute Gasteiger partial charge is 0.308 e. The van der Waals surface area contributed by atoms with Crippen molar-refractivity contribution < 1.29 is 14.7 Å². The zero-order valence-electron chi connectivity index (χ0n) is 11.4. The van der Waals surface area contributed by atoms with Crippen molar-refractivity contribution in [2.24, 2.45) is 11.7 Å². The van der Waals surface area contributed by atoms with Crippen molar-refractivity contribution >= 4 is 11.9 Å². The molecule has 0 bridgehead atoms. The molecule has 5 heteroatoms. The maximum Gasteiger partial charge on any atom is 0.308 e. The largest absolute Gasteiger partial charge is 0.481 e. The Balaban J connectivity index is 2.04. The van der Waals surface area contributed by atoms with E-state index >= 15 is 0 Å². The van der Waals surface area contributed by atoms with E-state index in [1.807, 2.05) is 12.1 Å². The van der Waals surface area contributed by atoms with Gasteiger partial charge >= 0.3 is 5.97 Å². The minimum Gasteiger partial charge on any atom is -0.481 e. The number of benzene rings is 1. The van der Waals surface area contributed by atoms with Crippen molar-refractivity contribution in [1.82, 2.24) is 4.90 Å². The number of likely N-dealkylation sites (tertiary alicyclic amines) is 1. The first-order valence-corrected chi connectivity index (χ1v) is 6.93. The van der Waals surface area contributed by atoms with E-state index in [1.165, 1.54) is 0 Å². The molecule has 0 saturated carbocycles. The molecule has 1 heterocycles. The topological polar surface area (TPSA) is 83.6 Å². The van der Waals surface area contributed by atoms with Crippen LogP contribution in [-0.4, -0.2) is 41.5 Å². The van der Waals surface area contributed by atoms with Crippen LogP contribution in [0.25, 0.3) is 0 Å². The van der Waals surface area contributed by atoms with Gasteiger partial charge in [0.1, 0.15) is 0 Å². The number of nitrogens with zero attached hydrogens (tertiary/aromatic N) is 1. The summed E-state index contributed by atoms with van der Waals surface area (Å²) < 4.78 is 0. The van der Waals surface area contributed by atoms with Crippen molar-refractivity contribution in [1.29, 1.82) is 0 Å². The van der Waals surface area contributed by atoms with Crippen LogP contribution in [0.5, 0.6) is 0 Å². The zero-order chi connectivity index (χ0) is 14.5. The molecule has 108 valence electrons. The number of amides is 1. The third kappa shape index (κ3) is 3.36. The molecule has 0 aliphatic carbocycles. The lowest BCUT2D eigenvalue weighted by molar-refractivity contribution is -0.143. The second-order valence-electron chi connectivity index (χ2n) is 5.16. The Bertz CT molecular complexity index is 484. The Morgan fingerprint density at radius 1 is 1.30 bits per heavy atom. The second-order valence-corrected chi connectivity index (χ2v) is 5.16. The van der Waals surface area contributed by atoms with Crippen LogP contribution in [0.15, 0.2) is 24.3 Å². The summed E-state index contributed by atoms with van der Waals surface area (Å²) in [5, 5.41) is 9.05. The van der Waals surface area contributed by atoms with Crippen LogP contribution in [0, 0.1) is 5.92 Å². The predicted molar refractivity (Wildman–Crippen MR) is 75.5 cm³/mol. The van der Waals surface area contributed by atoms with E-state index < -0.39 is 11.9 Å². The number of carboxylic acids is 1. The Kier molecular flexibility index (Phi) is 4.74. The van der Waals surface area contributed by atoms with Crippen LogP contribution in [0.2, 0.25) is 0 Å². The van der Waals surface area contributed by atoms with Gasteiger partial charge in [-0.15, -0.1) is 0 Å². The van der Waals surface area contributed by atoms with Gasteiger partial charge in [0, 0.05) is 18.7 Å². The predicted octanol–water partition coefficient (Wildman–Crippen LogP) is 1.12. The maximum atomic E-state index is 12.3. The highest BCUT2D eigenvalue weighted by Crippen LogP contribution is 2.19. The zero-order valence-corrected chi connectivity index (χ0v) is 11.4. The van der Waals surface area contributed by atoms with Crippen molar-refractivity contribution in [3.8, 4) is 0 Å². The van der Waals surface area contributed by atoms with Gasteiger partial charge in [-0.3, -0.25) is 9.59 Å². The van der Waals surface area contributed by atoms with E-state index in [1.54, 1.807) is 17.0 Å². The fourth-order valence-corrected chi connectivity index (χ4v) is 2.53. The first-order valence-electron chi connectivity index (χ1n) is 6.93. The number of aliphatic carboxylic acids is 1. The van der Waals surface area contributed by atoms with E-state index in [9.17, 15) is 9.59 Å². The molecular weight excluding hydrogens is 256 g/mol. The first-order chi connectivity index (χ1) is 9.61. The summed E-state index contributed by atoms with van der Waals surface area (Å²) in [5.74, 6) is -1.35. The van der Waals surface area contributed by atoms with E-state index in [0.29, 0.717) is 31.6 Å². The van der Waals surface area contributed by atoms with Gasteiger partial charge in [0.2, 0.25) is 0 Å². The lowest BCUT2D eigenvalue weighted by Crippen LogP contribution is -2.42. The number of hydrogen-bond acceptors (Lipinski definition) is 3. The molecule has 0 radical (unpaired) electrons. The van der Waals surface area contributed by atoms with E-state index in [4.69, 9.17) is 10.8 Å². The summed E-state index contributed by atoms with van der Waals surface area (Å²) in [6, 6.07) is 7.38. The molecule has 5 nitrogen and oxygen atoms in total. The molecule has 1 aliphatic rings. The van der Waals surface area contributed by atoms with Gasteiger partial charge in [-0.25, -0.2) is 0 Å². The maximum absolute atomic E-state index is 12.3. The van der Waals surface area contributed by atoms with Gasteiger partial charge in [0.25, 0.3) is 5.91 Å². The van der Waals surface area contributed by atoms with Crippen LogP contribution in [0.3, 0.4) is 0 Å². The standard InChI is InChI=1S/C15H20N2O3/c16-8-7-11-3-5-12(6-4-11)14(18)17-9-1-2-13(10-17)15(19)20/h3-6,13H,1-2,7-10,16H2,(H,19,20)/t13-/m0/s1. The molecule has 0 aromatic heterocycles. The normalized spacial score (nSPS) is 18.9. The minimum atomic E-state index is -0.819. The average Bonchev–Trinajstić information content (AvgIpc) is 2.48. The van der Waals surface area contributed by atoms with Crippen LogP contribution in [-0.2, 0) is 11.2 Å². The lowest BCUT2D eigenvalue weighted by Gasteiger charge is -2.30. The molecule has 1 fully saturated rings. The van der Waals surface area contributed by atoms with Gasteiger partial charge in [-0.1, -0.05) is 12.1 Å². The monoisotopic (exact) mass is 276 g/mol. The van der Waals surface area contributed by atoms with Gasteiger partial charge < -0.3 is 15.7 Å². The van der Waals surface area contributed by atoms with Gasteiger partial charge in [0.05, 0.1) is 5.92 Å². The molecule has 1 aromatic rings. The SMILES string of the molecule is NCCc1ccc(C(=O)N2CCC[C@H](C(=O)O)C2)cc1. The second kappa shape index (κ2) is 6.52. The van der Waals surface area contributed by atoms with Gasteiger partial charge in [-0.05, 0) is 43.5 Å². The fourth-order valence-electron chi connectivity index (χ4n) is 2.53. The Hall–Kier alpha value is -1.88. The summed E-state index contributed by atoms with van der Waals surface area (Å²) in [7, 11) is 0. The van der Waals surface area contributed by atoms with Gasteiger partial charge in [-0.2, -0.15) is 0 Å². The Labute approximate surface area is 118 Å². The Morgan fingerprint density at radius 3 is 2.60 bits per heavy atom. The van der Waals surface area contributed by atoms with Crippen molar-refractivity contribution in [2.45, 2.75) is 19.3 Å². The number of piperidine rings is 1. The lowest BCUT2D eigenvalue weighted by atomic mass is 9.97. The summed E-state index contributed by atoms with van der Waals surface area (Å²) in [5.41, 5.74) is 7.20. The molecule has 0 spiro atoms. The fraction of sp³-hybridized carbons (Fsp3) is 0.467. The highest BCUT2D eigenvalue weighted by molar-refractivity contribution is 5.94. The molecular formula is C15H20N2O3. The number of carbonyl (C=O) groups is 2. The summed E-state index contributed by atoms with van der Waals surface area (Å²) >= 11 is 0. The molecule has 0 unspecified atom stereocenters. The first kappa shape index (κ1) is 14.5.